The molecule has 0 aliphatic rings. The van der Waals surface area contributed by atoms with Crippen molar-refractivity contribution in [3.05, 3.63) is 97.1 Å². The average Bonchev–Trinajstić information content (AvgIpc) is 3.04. The SMILES string of the molecule is C.CCOc1ccc(OCC)cc1.CCOc1ccc2cc(OCC)ccc2c1.CCOc1cccc2c(OCC)cccc12. The first kappa shape index (κ1) is 36.6. The van der Waals surface area contributed by atoms with Crippen LogP contribution in [0.5, 0.6) is 34.5 Å². The van der Waals surface area contributed by atoms with Crippen molar-refractivity contribution in [2.45, 2.75) is 49.0 Å². The smallest absolute Gasteiger partial charge is 0.127 e. The van der Waals surface area contributed by atoms with E-state index in [0.29, 0.717) is 39.6 Å². The van der Waals surface area contributed by atoms with Gasteiger partial charge in [-0.25, -0.2) is 0 Å². The van der Waals surface area contributed by atoms with Crippen LogP contribution in [0.3, 0.4) is 0 Å². The molecule has 5 aromatic rings. The van der Waals surface area contributed by atoms with Gasteiger partial charge in [0.2, 0.25) is 0 Å². The highest BCUT2D eigenvalue weighted by Crippen LogP contribution is 2.32. The lowest BCUT2D eigenvalue weighted by Crippen LogP contribution is -1.95. The number of benzene rings is 5. The Labute approximate surface area is 269 Å². The van der Waals surface area contributed by atoms with Gasteiger partial charge in [-0.05, 0) is 113 Å². The van der Waals surface area contributed by atoms with Gasteiger partial charge in [0, 0.05) is 10.8 Å². The van der Waals surface area contributed by atoms with Crippen LogP contribution in [0, 0.1) is 0 Å². The molecule has 0 saturated heterocycles. The van der Waals surface area contributed by atoms with Crippen molar-refractivity contribution in [3.63, 3.8) is 0 Å². The number of ether oxygens (including phenoxy) is 6. The van der Waals surface area contributed by atoms with Gasteiger partial charge in [-0.2, -0.15) is 0 Å². The van der Waals surface area contributed by atoms with E-state index in [1.807, 2.05) is 102 Å². The van der Waals surface area contributed by atoms with Gasteiger partial charge >= 0.3 is 0 Å². The second kappa shape index (κ2) is 20.4. The maximum absolute atomic E-state index is 5.60. The third-order valence-electron chi connectivity index (χ3n) is 6.29. The van der Waals surface area contributed by atoms with E-state index in [1.54, 1.807) is 0 Å². The van der Waals surface area contributed by atoms with E-state index in [9.17, 15) is 0 Å². The van der Waals surface area contributed by atoms with E-state index in [2.05, 4.69) is 36.4 Å². The molecule has 0 aromatic heterocycles. The second-order valence-corrected chi connectivity index (χ2v) is 9.35. The van der Waals surface area contributed by atoms with Crippen LogP contribution in [0.4, 0.5) is 0 Å². The summed E-state index contributed by atoms with van der Waals surface area (Å²) < 4.78 is 32.7. The summed E-state index contributed by atoms with van der Waals surface area (Å²) in [5, 5.41) is 4.56. The fourth-order valence-corrected chi connectivity index (χ4v) is 4.50. The van der Waals surface area contributed by atoms with Crippen molar-refractivity contribution in [1.82, 2.24) is 0 Å². The zero-order valence-corrected chi connectivity index (χ0v) is 26.9. The zero-order valence-electron chi connectivity index (χ0n) is 26.9. The van der Waals surface area contributed by atoms with Crippen LogP contribution in [-0.4, -0.2) is 39.6 Å². The maximum Gasteiger partial charge on any atom is 0.127 e. The molecular weight excluding hydrogens is 564 g/mol. The van der Waals surface area contributed by atoms with E-state index in [-0.39, 0.29) is 7.43 Å². The zero-order chi connectivity index (χ0) is 31.6. The third kappa shape index (κ3) is 11.5. The summed E-state index contributed by atoms with van der Waals surface area (Å²) in [5.41, 5.74) is 0. The Morgan fingerprint density at radius 2 is 0.667 bits per heavy atom. The predicted molar refractivity (Wildman–Crippen MR) is 188 cm³/mol. The summed E-state index contributed by atoms with van der Waals surface area (Å²) in [7, 11) is 0. The van der Waals surface area contributed by atoms with E-state index in [1.165, 1.54) is 10.8 Å². The number of hydrogen-bond donors (Lipinski definition) is 0. The van der Waals surface area contributed by atoms with Crippen LogP contribution in [0.2, 0.25) is 0 Å². The molecule has 45 heavy (non-hydrogen) atoms. The topological polar surface area (TPSA) is 55.4 Å². The molecule has 0 N–H and O–H groups in total. The first-order valence-electron chi connectivity index (χ1n) is 15.5. The van der Waals surface area contributed by atoms with Crippen LogP contribution in [0.15, 0.2) is 97.1 Å². The molecule has 0 fully saturated rings. The van der Waals surface area contributed by atoms with Gasteiger partial charge in [-0.15, -0.1) is 0 Å². The fraction of sp³-hybridized carbons (Fsp3) is 0.333. The highest BCUT2D eigenvalue weighted by atomic mass is 16.5. The van der Waals surface area contributed by atoms with Crippen LogP contribution < -0.4 is 28.4 Å². The summed E-state index contributed by atoms with van der Waals surface area (Å²) in [6, 6.07) is 31.9. The highest BCUT2D eigenvalue weighted by molar-refractivity contribution is 5.93. The molecule has 6 heteroatoms. The number of rotatable bonds is 12. The molecule has 242 valence electrons. The van der Waals surface area contributed by atoms with Crippen LogP contribution in [0.1, 0.15) is 49.0 Å². The lowest BCUT2D eigenvalue weighted by atomic mass is 10.1. The first-order chi connectivity index (χ1) is 21.6. The van der Waals surface area contributed by atoms with Gasteiger partial charge in [0.25, 0.3) is 0 Å². The lowest BCUT2D eigenvalue weighted by molar-refractivity contribution is 0.330. The molecule has 6 nitrogen and oxygen atoms in total. The van der Waals surface area contributed by atoms with Gasteiger partial charge in [-0.3, -0.25) is 0 Å². The highest BCUT2D eigenvalue weighted by Gasteiger charge is 2.05. The Bertz CT molecular complexity index is 1420. The third-order valence-corrected chi connectivity index (χ3v) is 6.29. The van der Waals surface area contributed by atoms with Crippen molar-refractivity contribution < 1.29 is 28.4 Å². The average molecular weight is 615 g/mol. The van der Waals surface area contributed by atoms with Crippen molar-refractivity contribution in [3.8, 4) is 34.5 Å². The van der Waals surface area contributed by atoms with E-state index in [4.69, 9.17) is 28.4 Å². The molecule has 0 unspecified atom stereocenters. The normalized spacial score (nSPS) is 9.91. The van der Waals surface area contributed by atoms with Crippen LogP contribution in [-0.2, 0) is 0 Å². The summed E-state index contributed by atoms with van der Waals surface area (Å²) in [6.07, 6.45) is 0. The molecule has 0 aliphatic heterocycles. The standard InChI is InChI=1S/2C14H16O2.C10H14O2.CH4/c1-3-15-13-9-5-8-12-11(13)7-6-10-14(12)16-4-2;1-3-15-13-7-5-12-10-14(16-4-2)8-6-11(12)9-13;1-3-11-9-5-7-10(8-6-9)12-4-2;/h2*5-10H,3-4H2,1-2H3;5-8H,3-4H2,1-2H3;1H4. The Balaban J connectivity index is 0.000000236. The van der Waals surface area contributed by atoms with Gasteiger partial charge in [0.15, 0.2) is 0 Å². The minimum absolute atomic E-state index is 0. The number of hydrogen-bond acceptors (Lipinski definition) is 6. The second-order valence-electron chi connectivity index (χ2n) is 9.35. The first-order valence-corrected chi connectivity index (χ1v) is 15.5. The van der Waals surface area contributed by atoms with Crippen LogP contribution >= 0.6 is 0 Å². The van der Waals surface area contributed by atoms with Gasteiger partial charge in [-0.1, -0.05) is 43.8 Å². The van der Waals surface area contributed by atoms with Gasteiger partial charge in [0.05, 0.1) is 39.6 Å². The Morgan fingerprint density at radius 1 is 0.356 bits per heavy atom. The molecule has 0 bridgehead atoms. The minimum Gasteiger partial charge on any atom is -0.494 e. The van der Waals surface area contributed by atoms with E-state index >= 15 is 0 Å². The summed E-state index contributed by atoms with van der Waals surface area (Å²) in [5.74, 6) is 5.45. The van der Waals surface area contributed by atoms with Crippen molar-refractivity contribution in [1.29, 1.82) is 0 Å². The lowest BCUT2D eigenvalue weighted by Gasteiger charge is -2.10. The molecular formula is C39H50O6. The van der Waals surface area contributed by atoms with Gasteiger partial charge in [0.1, 0.15) is 34.5 Å². The monoisotopic (exact) mass is 614 g/mol. The largest absolute Gasteiger partial charge is 0.494 e. The predicted octanol–water partition coefficient (Wildman–Crippen LogP) is 10.4. The molecule has 5 rings (SSSR count). The van der Waals surface area contributed by atoms with Gasteiger partial charge < -0.3 is 28.4 Å². The molecule has 0 amide bonds. The molecule has 0 spiro atoms. The molecule has 0 saturated carbocycles. The number of fused-ring (bicyclic) bond motifs is 2. The quantitative estimate of drug-likeness (QED) is 0.139. The molecule has 0 atom stereocenters. The van der Waals surface area contributed by atoms with Crippen LogP contribution in [0.25, 0.3) is 21.5 Å². The van der Waals surface area contributed by atoms with Crippen molar-refractivity contribution >= 4 is 21.5 Å². The van der Waals surface area contributed by atoms with E-state index in [0.717, 1.165) is 45.3 Å². The fourth-order valence-electron chi connectivity index (χ4n) is 4.50. The molecule has 0 aliphatic carbocycles. The summed E-state index contributed by atoms with van der Waals surface area (Å²) >= 11 is 0. The molecule has 5 aromatic carbocycles. The molecule has 0 heterocycles. The maximum atomic E-state index is 5.60. The summed E-state index contributed by atoms with van der Waals surface area (Å²) in [6.45, 7) is 16.1. The Kier molecular flexibility index (Phi) is 16.6. The van der Waals surface area contributed by atoms with Crippen molar-refractivity contribution in [2.24, 2.45) is 0 Å². The minimum atomic E-state index is 0. The molecule has 0 radical (unpaired) electrons. The Hall–Kier alpha value is -4.58. The van der Waals surface area contributed by atoms with Crippen molar-refractivity contribution in [2.75, 3.05) is 39.6 Å². The Morgan fingerprint density at radius 3 is 1.00 bits per heavy atom. The van der Waals surface area contributed by atoms with E-state index < -0.39 is 0 Å². The summed E-state index contributed by atoms with van der Waals surface area (Å²) in [4.78, 5) is 0.